The summed E-state index contributed by atoms with van der Waals surface area (Å²) in [6.45, 7) is 3.48. The number of benzene rings is 2. The van der Waals surface area contributed by atoms with Crippen molar-refractivity contribution in [2.45, 2.75) is 5.92 Å². The van der Waals surface area contributed by atoms with E-state index in [1.54, 1.807) is 12.1 Å². The van der Waals surface area contributed by atoms with E-state index < -0.39 is 0 Å². The van der Waals surface area contributed by atoms with Crippen molar-refractivity contribution in [1.29, 1.82) is 0 Å². The first-order valence-corrected chi connectivity index (χ1v) is 10.6. The number of nitrogens with zero attached hydrogens (tertiary/aromatic N) is 3. The molecule has 1 amide bonds. The van der Waals surface area contributed by atoms with E-state index in [0.29, 0.717) is 18.8 Å². The van der Waals surface area contributed by atoms with Crippen molar-refractivity contribution in [3.63, 3.8) is 0 Å². The second-order valence-corrected chi connectivity index (χ2v) is 7.56. The minimum Gasteiger partial charge on any atom is -0.459 e. The van der Waals surface area contributed by atoms with Crippen LogP contribution in [0.4, 0.5) is 0 Å². The van der Waals surface area contributed by atoms with Crippen LogP contribution < -0.4 is 5.32 Å². The molecular formula is C25H28N4O2. The smallest absolute Gasteiger partial charge is 0.289 e. The van der Waals surface area contributed by atoms with E-state index in [1.165, 1.54) is 17.4 Å². The average Bonchev–Trinajstić information content (AvgIpc) is 3.38. The highest BCUT2D eigenvalue weighted by Gasteiger charge is 2.25. The Labute approximate surface area is 183 Å². The van der Waals surface area contributed by atoms with Gasteiger partial charge in [0.2, 0.25) is 0 Å². The Balaban J connectivity index is 1.39. The fourth-order valence-electron chi connectivity index (χ4n) is 4.00. The van der Waals surface area contributed by atoms with Gasteiger partial charge in [0, 0.05) is 45.7 Å². The van der Waals surface area contributed by atoms with Crippen LogP contribution in [0.2, 0.25) is 0 Å². The molecule has 0 aliphatic carbocycles. The highest BCUT2D eigenvalue weighted by atomic mass is 16.3. The van der Waals surface area contributed by atoms with E-state index in [4.69, 9.17) is 4.42 Å². The van der Waals surface area contributed by atoms with Crippen LogP contribution in [0, 0.1) is 0 Å². The first kappa shape index (κ1) is 20.7. The Bertz CT molecular complexity index is 939. The van der Waals surface area contributed by atoms with Crippen molar-refractivity contribution in [3.05, 3.63) is 95.9 Å². The van der Waals surface area contributed by atoms with Gasteiger partial charge in [0.25, 0.3) is 5.91 Å². The Kier molecular flexibility index (Phi) is 6.67. The van der Waals surface area contributed by atoms with Crippen molar-refractivity contribution in [3.8, 4) is 0 Å². The van der Waals surface area contributed by atoms with E-state index in [0.717, 1.165) is 25.6 Å². The number of furan rings is 1. The number of guanidine groups is 1. The maximum Gasteiger partial charge on any atom is 0.289 e. The molecule has 31 heavy (non-hydrogen) atoms. The number of carbonyl (C=O) groups is 1. The number of aliphatic imine (C=N–C) groups is 1. The van der Waals surface area contributed by atoms with Gasteiger partial charge in [-0.15, -0.1) is 0 Å². The van der Waals surface area contributed by atoms with Crippen LogP contribution in [0.1, 0.15) is 27.6 Å². The first-order valence-electron chi connectivity index (χ1n) is 10.6. The van der Waals surface area contributed by atoms with Gasteiger partial charge in [-0.25, -0.2) is 0 Å². The van der Waals surface area contributed by atoms with Gasteiger partial charge in [0.15, 0.2) is 11.7 Å². The zero-order chi connectivity index (χ0) is 21.5. The summed E-state index contributed by atoms with van der Waals surface area (Å²) in [4.78, 5) is 21.0. The van der Waals surface area contributed by atoms with Gasteiger partial charge in [-0.3, -0.25) is 9.79 Å². The largest absolute Gasteiger partial charge is 0.459 e. The molecule has 6 heteroatoms. The summed E-state index contributed by atoms with van der Waals surface area (Å²) in [6.07, 6.45) is 1.53. The second-order valence-electron chi connectivity index (χ2n) is 7.56. The maximum absolute atomic E-state index is 12.5. The summed E-state index contributed by atoms with van der Waals surface area (Å²) in [5.41, 5.74) is 2.54. The molecule has 1 saturated heterocycles. The molecule has 0 atom stereocenters. The zero-order valence-electron chi connectivity index (χ0n) is 17.8. The molecule has 0 spiro atoms. The van der Waals surface area contributed by atoms with Crippen molar-refractivity contribution < 1.29 is 9.21 Å². The van der Waals surface area contributed by atoms with Crippen molar-refractivity contribution >= 4 is 11.9 Å². The van der Waals surface area contributed by atoms with Crippen molar-refractivity contribution in [1.82, 2.24) is 15.1 Å². The van der Waals surface area contributed by atoms with E-state index in [2.05, 4.69) is 63.7 Å². The molecular weight excluding hydrogens is 388 g/mol. The molecule has 1 fully saturated rings. The molecule has 2 aromatic carbocycles. The van der Waals surface area contributed by atoms with Crippen LogP contribution in [-0.4, -0.2) is 61.4 Å². The normalized spacial score (nSPS) is 14.7. The number of piperazine rings is 1. The van der Waals surface area contributed by atoms with E-state index in [1.807, 2.05) is 24.1 Å². The van der Waals surface area contributed by atoms with Crippen LogP contribution in [0.15, 0.2) is 88.5 Å². The zero-order valence-corrected chi connectivity index (χ0v) is 17.8. The van der Waals surface area contributed by atoms with Gasteiger partial charge < -0.3 is 19.5 Å². The molecule has 1 N–H and O–H groups in total. The van der Waals surface area contributed by atoms with E-state index in [-0.39, 0.29) is 11.8 Å². The number of hydrogen-bond acceptors (Lipinski definition) is 3. The number of carbonyl (C=O) groups excluding carboxylic acids is 1. The minimum absolute atomic E-state index is 0.0548. The summed E-state index contributed by atoms with van der Waals surface area (Å²) >= 11 is 0. The molecule has 0 radical (unpaired) electrons. The topological polar surface area (TPSA) is 61.1 Å². The number of rotatable bonds is 5. The molecule has 160 valence electrons. The maximum atomic E-state index is 12.5. The third-order valence-electron chi connectivity index (χ3n) is 5.68. The number of hydrogen-bond donors (Lipinski definition) is 1. The SMILES string of the molecule is CN=C(NCC(c1ccccc1)c1ccccc1)N1CCN(C(=O)c2ccco2)CC1. The summed E-state index contributed by atoms with van der Waals surface area (Å²) < 4.78 is 5.25. The summed E-state index contributed by atoms with van der Waals surface area (Å²) in [7, 11) is 1.81. The number of nitrogens with one attached hydrogen (secondary N) is 1. The van der Waals surface area contributed by atoms with Gasteiger partial charge >= 0.3 is 0 Å². The Hall–Kier alpha value is -3.54. The van der Waals surface area contributed by atoms with E-state index >= 15 is 0 Å². The minimum atomic E-state index is -0.0548. The number of amides is 1. The molecule has 3 aromatic rings. The van der Waals surface area contributed by atoms with Crippen LogP contribution >= 0.6 is 0 Å². The summed E-state index contributed by atoms with van der Waals surface area (Å²) in [5.74, 6) is 1.42. The third kappa shape index (κ3) is 4.97. The van der Waals surface area contributed by atoms with E-state index in [9.17, 15) is 4.79 Å². The van der Waals surface area contributed by atoms with Crippen molar-refractivity contribution in [2.75, 3.05) is 39.8 Å². The lowest BCUT2D eigenvalue weighted by Gasteiger charge is -2.36. The monoisotopic (exact) mass is 416 g/mol. The Morgan fingerprint density at radius 2 is 1.48 bits per heavy atom. The molecule has 4 rings (SSSR count). The van der Waals surface area contributed by atoms with Gasteiger partial charge in [-0.05, 0) is 23.3 Å². The van der Waals surface area contributed by atoms with Gasteiger partial charge in [0.05, 0.1) is 6.26 Å². The molecule has 2 heterocycles. The van der Waals surface area contributed by atoms with Crippen molar-refractivity contribution in [2.24, 2.45) is 4.99 Å². The molecule has 6 nitrogen and oxygen atoms in total. The third-order valence-corrected chi connectivity index (χ3v) is 5.68. The fourth-order valence-corrected chi connectivity index (χ4v) is 4.00. The molecule has 0 saturated carbocycles. The summed E-state index contributed by atoms with van der Waals surface area (Å²) in [6, 6.07) is 24.5. The Morgan fingerprint density at radius 1 is 0.903 bits per heavy atom. The molecule has 1 aliphatic rings. The predicted molar refractivity (Wildman–Crippen MR) is 122 cm³/mol. The summed E-state index contributed by atoms with van der Waals surface area (Å²) in [5, 5.41) is 3.56. The van der Waals surface area contributed by atoms with Gasteiger partial charge in [-0.1, -0.05) is 60.7 Å². The molecule has 0 bridgehead atoms. The Morgan fingerprint density at radius 3 is 2.00 bits per heavy atom. The fraction of sp³-hybridized carbons (Fsp3) is 0.280. The molecule has 1 aromatic heterocycles. The first-order chi connectivity index (χ1) is 15.3. The lowest BCUT2D eigenvalue weighted by Crippen LogP contribution is -2.54. The lowest BCUT2D eigenvalue weighted by molar-refractivity contribution is 0.0657. The van der Waals surface area contributed by atoms with Crippen LogP contribution in [0.5, 0.6) is 0 Å². The standard InChI is InChI=1S/C25H28N4O2/c1-26-25(29-16-14-28(15-17-29)24(30)23-13-8-18-31-23)27-19-22(20-9-4-2-5-10-20)21-11-6-3-7-12-21/h2-13,18,22H,14-17,19H2,1H3,(H,26,27). The highest BCUT2D eigenvalue weighted by molar-refractivity contribution is 5.91. The van der Waals surface area contributed by atoms with Crippen LogP contribution in [-0.2, 0) is 0 Å². The van der Waals surface area contributed by atoms with Crippen LogP contribution in [0.3, 0.4) is 0 Å². The average molecular weight is 417 g/mol. The van der Waals surface area contributed by atoms with Crippen LogP contribution in [0.25, 0.3) is 0 Å². The quantitative estimate of drug-likeness (QED) is 0.511. The lowest BCUT2D eigenvalue weighted by atomic mass is 9.91. The predicted octanol–water partition coefficient (Wildman–Crippen LogP) is 3.44. The van der Waals surface area contributed by atoms with Gasteiger partial charge in [-0.2, -0.15) is 0 Å². The van der Waals surface area contributed by atoms with Gasteiger partial charge in [0.1, 0.15) is 0 Å². The highest BCUT2D eigenvalue weighted by Crippen LogP contribution is 2.23. The molecule has 0 unspecified atom stereocenters. The molecule has 1 aliphatic heterocycles. The second kappa shape index (κ2) is 9.98.